The highest BCUT2D eigenvalue weighted by Crippen LogP contribution is 2.19. The van der Waals surface area contributed by atoms with Crippen LogP contribution in [0.5, 0.6) is 0 Å². The second-order valence-electron chi connectivity index (χ2n) is 3.86. The van der Waals surface area contributed by atoms with Crippen molar-refractivity contribution in [1.29, 1.82) is 5.26 Å². The van der Waals surface area contributed by atoms with Gasteiger partial charge in [-0.05, 0) is 31.1 Å². The predicted molar refractivity (Wildman–Crippen MR) is 71.7 cm³/mol. The van der Waals surface area contributed by atoms with Crippen LogP contribution in [0.4, 0.5) is 0 Å². The van der Waals surface area contributed by atoms with Gasteiger partial charge in [0, 0.05) is 12.1 Å². The van der Waals surface area contributed by atoms with E-state index in [0.29, 0.717) is 5.03 Å². The number of halogens is 1. The molecular formula is C13H16ClN3. The highest BCUT2D eigenvalue weighted by atomic mass is 35.5. The van der Waals surface area contributed by atoms with Gasteiger partial charge < -0.3 is 4.90 Å². The van der Waals surface area contributed by atoms with Crippen molar-refractivity contribution in [3.05, 3.63) is 34.5 Å². The summed E-state index contributed by atoms with van der Waals surface area (Å²) < 4.78 is 0. The maximum absolute atomic E-state index is 8.97. The summed E-state index contributed by atoms with van der Waals surface area (Å²) in [6, 6.07) is 1.94. The first-order chi connectivity index (χ1) is 8.08. The minimum absolute atomic E-state index is 0.264. The summed E-state index contributed by atoms with van der Waals surface area (Å²) in [4.78, 5) is 6.04. The first-order valence-corrected chi connectivity index (χ1v) is 5.88. The Bertz CT molecular complexity index is 438. The lowest BCUT2D eigenvalue weighted by molar-refractivity contribution is 0.499. The molecule has 4 heteroatoms. The molecule has 1 aliphatic heterocycles. The zero-order valence-corrected chi connectivity index (χ0v) is 11.1. The number of allylic oxidation sites excluding steroid dienone is 4. The van der Waals surface area contributed by atoms with Gasteiger partial charge in [0.05, 0.1) is 18.1 Å². The van der Waals surface area contributed by atoms with Crippen molar-refractivity contribution in [3.8, 4) is 6.07 Å². The number of hydrogen-bond donors (Lipinski definition) is 0. The van der Waals surface area contributed by atoms with E-state index in [2.05, 4.69) is 11.1 Å². The number of rotatable bonds is 3. The van der Waals surface area contributed by atoms with Crippen LogP contribution in [-0.2, 0) is 0 Å². The molecule has 90 valence electrons. The molecular weight excluding hydrogens is 234 g/mol. The van der Waals surface area contributed by atoms with E-state index in [9.17, 15) is 0 Å². The van der Waals surface area contributed by atoms with Crippen LogP contribution in [0.25, 0.3) is 0 Å². The Hall–Kier alpha value is -1.53. The molecule has 3 nitrogen and oxygen atoms in total. The molecule has 0 bridgehead atoms. The molecule has 0 saturated heterocycles. The first kappa shape index (κ1) is 13.5. The molecule has 0 N–H and O–H groups in total. The summed E-state index contributed by atoms with van der Waals surface area (Å²) in [5.41, 5.74) is 1.77. The summed E-state index contributed by atoms with van der Waals surface area (Å²) >= 11 is 6.02. The molecule has 0 aromatic carbocycles. The number of nitrogens with zero attached hydrogens (tertiary/aromatic N) is 3. The zero-order chi connectivity index (χ0) is 12.8. The minimum atomic E-state index is -0.264. The molecule has 0 aromatic heterocycles. The van der Waals surface area contributed by atoms with Crippen molar-refractivity contribution in [2.45, 2.75) is 26.3 Å². The van der Waals surface area contributed by atoms with Gasteiger partial charge in [-0.2, -0.15) is 5.26 Å². The molecule has 1 aliphatic rings. The van der Waals surface area contributed by atoms with Crippen molar-refractivity contribution in [1.82, 2.24) is 4.90 Å². The number of likely N-dealkylation sites (N-methyl/N-ethyl adjacent to an activating group) is 1. The lowest BCUT2D eigenvalue weighted by Crippen LogP contribution is -2.30. The van der Waals surface area contributed by atoms with E-state index in [1.165, 1.54) is 0 Å². The average Bonchev–Trinajstić information content (AvgIpc) is 2.29. The second-order valence-corrected chi connectivity index (χ2v) is 4.30. The monoisotopic (exact) mass is 249 g/mol. The van der Waals surface area contributed by atoms with E-state index in [4.69, 9.17) is 16.9 Å². The summed E-state index contributed by atoms with van der Waals surface area (Å²) in [5.74, 6) is 0. The Labute approximate surface area is 107 Å². The van der Waals surface area contributed by atoms with E-state index in [0.717, 1.165) is 17.7 Å². The lowest BCUT2D eigenvalue weighted by atomic mass is 10.1. The van der Waals surface area contributed by atoms with E-state index in [-0.39, 0.29) is 6.04 Å². The van der Waals surface area contributed by atoms with Crippen LogP contribution in [0, 0.1) is 11.3 Å². The summed E-state index contributed by atoms with van der Waals surface area (Å²) in [6.07, 6.45) is 8.20. The largest absolute Gasteiger partial charge is 0.346 e. The molecule has 0 fully saturated rings. The van der Waals surface area contributed by atoms with Crippen molar-refractivity contribution in [2.24, 2.45) is 4.99 Å². The molecule has 0 aliphatic carbocycles. The van der Waals surface area contributed by atoms with Gasteiger partial charge >= 0.3 is 0 Å². The third-order valence-electron chi connectivity index (χ3n) is 2.42. The van der Waals surface area contributed by atoms with Crippen molar-refractivity contribution in [3.63, 3.8) is 0 Å². The third kappa shape index (κ3) is 3.76. The maximum atomic E-state index is 8.97. The van der Waals surface area contributed by atoms with Crippen molar-refractivity contribution >= 4 is 17.9 Å². The molecule has 17 heavy (non-hydrogen) atoms. The van der Waals surface area contributed by atoms with Gasteiger partial charge in [-0.15, -0.1) is 0 Å². The highest BCUT2D eigenvalue weighted by molar-refractivity contribution is 6.31. The van der Waals surface area contributed by atoms with E-state index in [1.54, 1.807) is 11.2 Å². The van der Waals surface area contributed by atoms with Crippen LogP contribution in [-0.4, -0.2) is 24.3 Å². The summed E-state index contributed by atoms with van der Waals surface area (Å²) in [5, 5.41) is 9.67. The normalized spacial score (nSPS) is 21.2. The SMILES string of the molecule is CC/C=C(Cl)\C=C(/C)C1=CC(C#N)N(C)C=N1. The van der Waals surface area contributed by atoms with E-state index < -0.39 is 0 Å². The fourth-order valence-electron chi connectivity index (χ4n) is 1.43. The topological polar surface area (TPSA) is 39.4 Å². The Morgan fingerprint density at radius 3 is 3.00 bits per heavy atom. The molecule has 0 spiro atoms. The fraction of sp³-hybridized carbons (Fsp3) is 0.385. The smallest absolute Gasteiger partial charge is 0.138 e. The van der Waals surface area contributed by atoms with Crippen LogP contribution in [0.15, 0.2) is 39.5 Å². The van der Waals surface area contributed by atoms with Crippen molar-refractivity contribution < 1.29 is 0 Å². The molecule has 1 heterocycles. The van der Waals surface area contributed by atoms with E-state index >= 15 is 0 Å². The number of nitriles is 1. The van der Waals surface area contributed by atoms with Gasteiger partial charge in [-0.25, -0.2) is 4.99 Å². The van der Waals surface area contributed by atoms with Crippen LogP contribution in [0.3, 0.4) is 0 Å². The minimum Gasteiger partial charge on any atom is -0.346 e. The lowest BCUT2D eigenvalue weighted by Gasteiger charge is -2.21. The van der Waals surface area contributed by atoms with Crippen molar-refractivity contribution in [2.75, 3.05) is 7.05 Å². The second kappa shape index (κ2) is 6.27. The van der Waals surface area contributed by atoms with Gasteiger partial charge in [-0.1, -0.05) is 24.6 Å². The number of aliphatic imine (C=N–C) groups is 1. The Kier molecular flexibility index (Phi) is 4.99. The Morgan fingerprint density at radius 2 is 2.41 bits per heavy atom. The molecule has 0 saturated carbocycles. The Balaban J connectivity index is 2.92. The van der Waals surface area contributed by atoms with Crippen LogP contribution in [0.1, 0.15) is 20.3 Å². The van der Waals surface area contributed by atoms with Crippen LogP contribution < -0.4 is 0 Å². The standard InChI is InChI=1S/C13H16ClN3/c1-4-5-11(14)6-10(2)13-7-12(8-15)17(3)9-16-13/h5-7,9,12H,4H2,1-3H3/b10-6+,11-5+. The molecule has 0 amide bonds. The number of hydrogen-bond acceptors (Lipinski definition) is 3. The fourth-order valence-corrected chi connectivity index (χ4v) is 1.75. The Morgan fingerprint density at radius 1 is 1.71 bits per heavy atom. The summed E-state index contributed by atoms with van der Waals surface area (Å²) in [7, 11) is 1.83. The summed E-state index contributed by atoms with van der Waals surface area (Å²) in [6.45, 7) is 3.97. The first-order valence-electron chi connectivity index (χ1n) is 5.50. The van der Waals surface area contributed by atoms with Crippen LogP contribution in [0.2, 0.25) is 0 Å². The van der Waals surface area contributed by atoms with Gasteiger partial charge in [0.15, 0.2) is 0 Å². The quantitative estimate of drug-likeness (QED) is 0.721. The molecule has 0 aromatic rings. The third-order valence-corrected chi connectivity index (χ3v) is 2.69. The molecule has 1 rings (SSSR count). The van der Waals surface area contributed by atoms with Gasteiger partial charge in [0.2, 0.25) is 0 Å². The average molecular weight is 250 g/mol. The van der Waals surface area contributed by atoms with E-state index in [1.807, 2.05) is 39.1 Å². The van der Waals surface area contributed by atoms with Gasteiger partial charge in [0.25, 0.3) is 0 Å². The molecule has 1 atom stereocenters. The maximum Gasteiger partial charge on any atom is 0.138 e. The molecule has 1 unspecified atom stereocenters. The van der Waals surface area contributed by atoms with Gasteiger partial charge in [0.1, 0.15) is 6.04 Å². The zero-order valence-electron chi connectivity index (χ0n) is 10.3. The molecule has 0 radical (unpaired) electrons. The highest BCUT2D eigenvalue weighted by Gasteiger charge is 2.14. The van der Waals surface area contributed by atoms with Crippen LogP contribution >= 0.6 is 11.6 Å². The van der Waals surface area contributed by atoms with Gasteiger partial charge in [-0.3, -0.25) is 0 Å². The predicted octanol–water partition coefficient (Wildman–Crippen LogP) is 3.22.